The first-order valence-corrected chi connectivity index (χ1v) is 13.7. The normalized spacial score (nSPS) is 14.6. The van der Waals surface area contributed by atoms with Crippen molar-refractivity contribution in [3.63, 3.8) is 0 Å². The van der Waals surface area contributed by atoms with Crippen molar-refractivity contribution < 1.29 is 23.8 Å². The number of imide groups is 1. The molecule has 2 amide bonds. The number of aryl methyl sites for hydroxylation is 1. The van der Waals surface area contributed by atoms with E-state index in [1.54, 1.807) is 24.3 Å². The van der Waals surface area contributed by atoms with Crippen molar-refractivity contribution in [2.75, 3.05) is 26.2 Å². The molecule has 1 saturated heterocycles. The highest BCUT2D eigenvalue weighted by Crippen LogP contribution is 2.44. The molecule has 1 aromatic heterocycles. The van der Waals surface area contributed by atoms with Crippen LogP contribution in [0.5, 0.6) is 17.2 Å². The molecule has 8 nitrogen and oxygen atoms in total. The van der Waals surface area contributed by atoms with E-state index in [4.69, 9.17) is 19.2 Å². The number of carbonyl (C=O) groups is 2. The number of carbonyl (C=O) groups excluding carboxylic acids is 2. The lowest BCUT2D eigenvalue weighted by molar-refractivity contribution is -0.121. The number of aromatic nitrogens is 1. The SMILES string of the molecule is COc1cc(-c2cc(-c3ccccc3)nc(S[C@@H]3CC(=O)N(c4ccc(C)cc4)C3=O)c2C#N)cc(OC)c1OC. The third-order valence-electron chi connectivity index (χ3n) is 6.79. The summed E-state index contributed by atoms with van der Waals surface area (Å²) in [4.78, 5) is 32.5. The molecule has 41 heavy (non-hydrogen) atoms. The van der Waals surface area contributed by atoms with Gasteiger partial charge in [0.2, 0.25) is 17.6 Å². The van der Waals surface area contributed by atoms with Gasteiger partial charge in [0.1, 0.15) is 11.1 Å². The van der Waals surface area contributed by atoms with Crippen molar-refractivity contribution in [2.24, 2.45) is 0 Å². The van der Waals surface area contributed by atoms with Crippen LogP contribution >= 0.6 is 11.8 Å². The van der Waals surface area contributed by atoms with Crippen LogP contribution < -0.4 is 19.1 Å². The Bertz CT molecular complexity index is 1640. The molecular weight excluding hydrogens is 538 g/mol. The predicted octanol–water partition coefficient (Wildman–Crippen LogP) is 6.05. The molecule has 0 bridgehead atoms. The second kappa shape index (κ2) is 11.7. The maximum atomic E-state index is 13.5. The average Bonchev–Trinajstić information content (AvgIpc) is 3.28. The summed E-state index contributed by atoms with van der Waals surface area (Å²) < 4.78 is 16.6. The Labute approximate surface area is 242 Å². The highest BCUT2D eigenvalue weighted by Gasteiger charge is 2.41. The molecule has 0 spiro atoms. The van der Waals surface area contributed by atoms with E-state index in [1.165, 1.54) is 26.2 Å². The molecule has 0 N–H and O–H groups in total. The summed E-state index contributed by atoms with van der Waals surface area (Å²) in [6, 6.07) is 24.5. The van der Waals surface area contributed by atoms with Crippen LogP contribution in [0.1, 0.15) is 17.5 Å². The number of amides is 2. The van der Waals surface area contributed by atoms with Gasteiger partial charge in [-0.1, -0.05) is 59.8 Å². The number of methoxy groups -OCH3 is 3. The van der Waals surface area contributed by atoms with E-state index < -0.39 is 5.25 Å². The van der Waals surface area contributed by atoms with Gasteiger partial charge in [-0.15, -0.1) is 0 Å². The first-order valence-electron chi connectivity index (χ1n) is 12.8. The molecule has 1 aliphatic heterocycles. The monoisotopic (exact) mass is 565 g/mol. The Morgan fingerprint density at radius 2 is 1.56 bits per heavy atom. The molecule has 2 heterocycles. The first-order chi connectivity index (χ1) is 19.9. The van der Waals surface area contributed by atoms with Crippen molar-refractivity contribution in [3.05, 3.63) is 83.9 Å². The van der Waals surface area contributed by atoms with E-state index in [-0.39, 0.29) is 23.8 Å². The second-order valence-electron chi connectivity index (χ2n) is 9.34. The quantitative estimate of drug-likeness (QED) is 0.238. The topological polar surface area (TPSA) is 102 Å². The third-order valence-corrected chi connectivity index (χ3v) is 7.97. The molecule has 0 aliphatic carbocycles. The molecule has 3 aromatic carbocycles. The van der Waals surface area contributed by atoms with Gasteiger partial charge in [-0.3, -0.25) is 9.59 Å². The lowest BCUT2D eigenvalue weighted by atomic mass is 9.98. The minimum absolute atomic E-state index is 0.000988. The van der Waals surface area contributed by atoms with E-state index in [1.807, 2.05) is 55.5 Å². The lowest BCUT2D eigenvalue weighted by Gasteiger charge is -2.18. The van der Waals surface area contributed by atoms with Crippen molar-refractivity contribution in [1.29, 1.82) is 5.26 Å². The molecule has 1 aliphatic rings. The molecule has 0 radical (unpaired) electrons. The number of benzene rings is 3. The van der Waals surface area contributed by atoms with Gasteiger partial charge in [-0.25, -0.2) is 9.88 Å². The minimum atomic E-state index is -0.734. The molecule has 0 unspecified atom stereocenters. The number of nitrogens with zero attached hydrogens (tertiary/aromatic N) is 3. The van der Waals surface area contributed by atoms with Crippen LogP contribution in [-0.2, 0) is 9.59 Å². The van der Waals surface area contributed by atoms with E-state index in [2.05, 4.69) is 6.07 Å². The lowest BCUT2D eigenvalue weighted by Crippen LogP contribution is -2.31. The number of pyridine rings is 1. The van der Waals surface area contributed by atoms with Gasteiger partial charge in [0.25, 0.3) is 0 Å². The summed E-state index contributed by atoms with van der Waals surface area (Å²) in [6.07, 6.45) is -0.000988. The van der Waals surface area contributed by atoms with Gasteiger partial charge in [-0.2, -0.15) is 5.26 Å². The maximum absolute atomic E-state index is 13.5. The smallest absolute Gasteiger partial charge is 0.247 e. The standard InChI is InChI=1S/C32H27N3O5S/c1-19-10-12-22(13-11-19)35-29(36)17-28(32(35)37)41-31-24(18-33)23(16-25(34-31)20-8-6-5-7-9-20)21-14-26(38-2)30(40-4)27(15-21)39-3/h5-16,28H,17H2,1-4H3/t28-/m1/s1. The van der Waals surface area contributed by atoms with Crippen LogP contribution in [-0.4, -0.2) is 43.4 Å². The number of ether oxygens (including phenoxy) is 3. The summed E-state index contributed by atoms with van der Waals surface area (Å²) in [7, 11) is 4.57. The number of nitriles is 1. The zero-order chi connectivity index (χ0) is 29.1. The van der Waals surface area contributed by atoms with Crippen LogP contribution in [0.15, 0.2) is 77.8 Å². The fourth-order valence-electron chi connectivity index (χ4n) is 4.73. The highest BCUT2D eigenvalue weighted by atomic mass is 32.2. The summed E-state index contributed by atoms with van der Waals surface area (Å²) >= 11 is 1.13. The van der Waals surface area contributed by atoms with Crippen LogP contribution in [0, 0.1) is 18.3 Å². The molecule has 4 aromatic rings. The van der Waals surface area contributed by atoms with E-state index in [0.717, 1.165) is 22.9 Å². The van der Waals surface area contributed by atoms with Crippen molar-refractivity contribution in [3.8, 4) is 45.7 Å². The summed E-state index contributed by atoms with van der Waals surface area (Å²) in [5.74, 6) is 0.662. The molecule has 9 heteroatoms. The number of hydrogen-bond acceptors (Lipinski definition) is 8. The molecule has 206 valence electrons. The highest BCUT2D eigenvalue weighted by molar-refractivity contribution is 8.00. The van der Waals surface area contributed by atoms with E-state index in [9.17, 15) is 14.9 Å². The predicted molar refractivity (Wildman–Crippen MR) is 157 cm³/mol. The van der Waals surface area contributed by atoms with Gasteiger partial charge >= 0.3 is 0 Å². The third kappa shape index (κ3) is 5.34. The number of hydrogen-bond donors (Lipinski definition) is 0. The van der Waals surface area contributed by atoms with E-state index in [0.29, 0.717) is 44.8 Å². The zero-order valence-corrected chi connectivity index (χ0v) is 23.8. The van der Waals surface area contributed by atoms with Gasteiger partial charge in [0.15, 0.2) is 11.5 Å². The first kappa shape index (κ1) is 27.7. The largest absolute Gasteiger partial charge is 0.493 e. The second-order valence-corrected chi connectivity index (χ2v) is 10.5. The Hall–Kier alpha value is -4.81. The van der Waals surface area contributed by atoms with Crippen LogP contribution in [0.2, 0.25) is 0 Å². The zero-order valence-electron chi connectivity index (χ0n) is 23.0. The fraction of sp³-hybridized carbons (Fsp3) is 0.188. The Balaban J connectivity index is 1.63. The van der Waals surface area contributed by atoms with Gasteiger partial charge in [-0.05, 0) is 42.8 Å². The summed E-state index contributed by atoms with van der Waals surface area (Å²) in [5.41, 5.74) is 4.50. The number of rotatable bonds is 8. The van der Waals surface area contributed by atoms with Crippen LogP contribution in [0.25, 0.3) is 22.4 Å². The Morgan fingerprint density at radius 1 is 0.902 bits per heavy atom. The van der Waals surface area contributed by atoms with Gasteiger partial charge in [0, 0.05) is 17.5 Å². The number of anilines is 1. The van der Waals surface area contributed by atoms with Crippen molar-refractivity contribution >= 4 is 29.3 Å². The fourth-order valence-corrected chi connectivity index (χ4v) is 5.86. The van der Waals surface area contributed by atoms with Crippen LogP contribution in [0.4, 0.5) is 5.69 Å². The number of thioether (sulfide) groups is 1. The Kier molecular flexibility index (Phi) is 7.95. The minimum Gasteiger partial charge on any atom is -0.493 e. The van der Waals surface area contributed by atoms with Gasteiger partial charge < -0.3 is 14.2 Å². The maximum Gasteiger partial charge on any atom is 0.247 e. The van der Waals surface area contributed by atoms with E-state index >= 15 is 0 Å². The van der Waals surface area contributed by atoms with Crippen molar-refractivity contribution in [2.45, 2.75) is 23.6 Å². The summed E-state index contributed by atoms with van der Waals surface area (Å²) in [5, 5.41) is 9.99. The van der Waals surface area contributed by atoms with Crippen molar-refractivity contribution in [1.82, 2.24) is 4.98 Å². The average molecular weight is 566 g/mol. The molecule has 1 fully saturated rings. The molecule has 5 rings (SSSR count). The molecule has 0 saturated carbocycles. The van der Waals surface area contributed by atoms with Crippen LogP contribution in [0.3, 0.4) is 0 Å². The molecule has 1 atom stereocenters. The summed E-state index contributed by atoms with van der Waals surface area (Å²) in [6.45, 7) is 1.94. The molecular formula is C32H27N3O5S. The Morgan fingerprint density at radius 3 is 2.15 bits per heavy atom. The van der Waals surface area contributed by atoms with Gasteiger partial charge in [0.05, 0.1) is 43.5 Å².